The third-order valence-electron chi connectivity index (χ3n) is 7.14. The molecule has 2 unspecified atom stereocenters. The number of hydrogen-bond donors (Lipinski definition) is 2. The molecule has 4 amide bonds. The Kier molecular flexibility index (Phi) is 5.37. The number of hydrogen-bond acceptors (Lipinski definition) is 8. The molecule has 3 aliphatic heterocycles. The Balaban J connectivity index is 1.36. The number of carbonyl (C=O) groups is 4. The van der Waals surface area contributed by atoms with Crippen LogP contribution in [0.15, 0.2) is 30.7 Å². The second-order valence-electron chi connectivity index (χ2n) is 9.51. The standard InChI is InChI=1S/C24H25N9O4/c1-13-5-2-3-8-31(13)24(37)32-11-16(34)21-28-14(10-30(21)12-17(32)25)19-20(23(36)29-22(19)35)15-9-26-18-6-4-7-27-33(15)18/h4,6-7,9-10,13,17H,2-3,5,8,11-12,25H2,1H3,(H,29,35,36). The number of imide groups is 1. The van der Waals surface area contributed by atoms with Gasteiger partial charge in [0, 0.05) is 25.0 Å². The van der Waals surface area contributed by atoms with E-state index in [4.69, 9.17) is 5.73 Å². The fraction of sp³-hybridized carbons (Fsp3) is 0.375. The number of likely N-dealkylation sites (tertiary alicyclic amines) is 1. The first-order chi connectivity index (χ1) is 17.8. The largest absolute Gasteiger partial charge is 0.324 e. The summed E-state index contributed by atoms with van der Waals surface area (Å²) in [5, 5.41) is 6.54. The SMILES string of the molecule is CC1CCCCN1C(=O)N1CC(=O)c2nc(C3=C(c4cnc5cccnn45)C(=O)NC3=O)cn2CC1N. The number of fused-ring (bicyclic) bond motifs is 2. The van der Waals surface area contributed by atoms with Gasteiger partial charge in [0.15, 0.2) is 11.5 Å². The minimum Gasteiger partial charge on any atom is -0.324 e. The summed E-state index contributed by atoms with van der Waals surface area (Å²) in [6.45, 7) is 2.51. The summed E-state index contributed by atoms with van der Waals surface area (Å²) in [5.41, 5.74) is 7.48. The van der Waals surface area contributed by atoms with Crippen molar-refractivity contribution in [1.29, 1.82) is 0 Å². The molecule has 6 rings (SSSR count). The number of urea groups is 1. The molecule has 3 aliphatic rings. The smallest absolute Gasteiger partial charge is 0.321 e. The summed E-state index contributed by atoms with van der Waals surface area (Å²) in [6, 6.07) is 3.25. The minimum atomic E-state index is -0.774. The van der Waals surface area contributed by atoms with Gasteiger partial charge in [0.25, 0.3) is 11.8 Å². The van der Waals surface area contributed by atoms with Crippen LogP contribution in [0.25, 0.3) is 16.8 Å². The molecule has 6 heterocycles. The van der Waals surface area contributed by atoms with Crippen LogP contribution in [0.5, 0.6) is 0 Å². The van der Waals surface area contributed by atoms with E-state index in [1.54, 1.807) is 27.8 Å². The summed E-state index contributed by atoms with van der Waals surface area (Å²) in [5.74, 6) is -1.57. The van der Waals surface area contributed by atoms with Crippen LogP contribution >= 0.6 is 0 Å². The summed E-state index contributed by atoms with van der Waals surface area (Å²) in [7, 11) is 0. The van der Waals surface area contributed by atoms with Crippen molar-refractivity contribution in [2.75, 3.05) is 13.1 Å². The Hall–Kier alpha value is -4.39. The Morgan fingerprint density at radius 3 is 2.76 bits per heavy atom. The molecule has 13 nitrogen and oxygen atoms in total. The van der Waals surface area contributed by atoms with E-state index in [9.17, 15) is 19.2 Å². The van der Waals surface area contributed by atoms with Crippen molar-refractivity contribution in [2.45, 2.75) is 44.9 Å². The van der Waals surface area contributed by atoms with Crippen molar-refractivity contribution < 1.29 is 19.2 Å². The normalized spacial score (nSPS) is 22.5. The highest BCUT2D eigenvalue weighted by molar-refractivity contribution is 6.48. The molecule has 1 fully saturated rings. The zero-order chi connectivity index (χ0) is 25.8. The molecule has 0 spiro atoms. The molecular weight excluding hydrogens is 478 g/mol. The van der Waals surface area contributed by atoms with E-state index in [-0.39, 0.29) is 47.8 Å². The van der Waals surface area contributed by atoms with Gasteiger partial charge in [0.2, 0.25) is 5.78 Å². The quantitative estimate of drug-likeness (QED) is 0.471. The minimum absolute atomic E-state index is 0.0227. The molecule has 0 bridgehead atoms. The number of aromatic nitrogens is 5. The van der Waals surface area contributed by atoms with Gasteiger partial charge in [0.1, 0.15) is 6.17 Å². The van der Waals surface area contributed by atoms with Crippen LogP contribution in [0.4, 0.5) is 4.79 Å². The predicted molar refractivity (Wildman–Crippen MR) is 130 cm³/mol. The van der Waals surface area contributed by atoms with Crippen LogP contribution in [-0.2, 0) is 16.1 Å². The molecule has 37 heavy (non-hydrogen) atoms. The molecule has 3 N–H and O–H groups in total. The van der Waals surface area contributed by atoms with Gasteiger partial charge in [-0.1, -0.05) is 0 Å². The lowest BCUT2D eigenvalue weighted by Gasteiger charge is -2.38. The summed E-state index contributed by atoms with van der Waals surface area (Å²) < 4.78 is 3.00. The van der Waals surface area contributed by atoms with E-state index >= 15 is 0 Å². The zero-order valence-electron chi connectivity index (χ0n) is 20.1. The lowest BCUT2D eigenvalue weighted by atomic mass is 10.0. The fourth-order valence-electron chi connectivity index (χ4n) is 5.24. The second-order valence-corrected chi connectivity index (χ2v) is 9.51. The summed E-state index contributed by atoms with van der Waals surface area (Å²) >= 11 is 0. The van der Waals surface area contributed by atoms with Crippen LogP contribution < -0.4 is 11.1 Å². The number of Topliss-reactive ketones (excluding diaryl/α,β-unsaturated/α-hetero) is 1. The topological polar surface area (TPSA) is 161 Å². The van der Waals surface area contributed by atoms with Gasteiger partial charge in [0.05, 0.1) is 41.8 Å². The molecule has 0 aliphatic carbocycles. The third kappa shape index (κ3) is 3.69. The van der Waals surface area contributed by atoms with Crippen molar-refractivity contribution in [3.8, 4) is 0 Å². The molecule has 3 aromatic heterocycles. The molecule has 13 heteroatoms. The molecular formula is C24H25N9O4. The fourth-order valence-corrected chi connectivity index (χ4v) is 5.24. The number of ketones is 1. The van der Waals surface area contributed by atoms with Gasteiger partial charge in [-0.2, -0.15) is 5.10 Å². The van der Waals surface area contributed by atoms with Gasteiger partial charge >= 0.3 is 6.03 Å². The van der Waals surface area contributed by atoms with E-state index in [2.05, 4.69) is 20.4 Å². The molecule has 0 radical (unpaired) electrons. The van der Waals surface area contributed by atoms with E-state index in [0.29, 0.717) is 17.9 Å². The lowest BCUT2D eigenvalue weighted by molar-refractivity contribution is -0.122. The van der Waals surface area contributed by atoms with E-state index < -0.39 is 23.8 Å². The molecule has 0 aromatic carbocycles. The Morgan fingerprint density at radius 2 is 1.95 bits per heavy atom. The van der Waals surface area contributed by atoms with Gasteiger partial charge in [-0.15, -0.1) is 0 Å². The molecule has 190 valence electrons. The second kappa shape index (κ2) is 8.62. The number of amides is 4. The Morgan fingerprint density at radius 1 is 1.14 bits per heavy atom. The van der Waals surface area contributed by atoms with Crippen molar-refractivity contribution in [2.24, 2.45) is 5.73 Å². The first kappa shape index (κ1) is 23.0. The zero-order valence-corrected chi connectivity index (χ0v) is 20.1. The van der Waals surface area contributed by atoms with Crippen LogP contribution in [-0.4, -0.2) is 82.9 Å². The highest BCUT2D eigenvalue weighted by Gasteiger charge is 2.39. The first-order valence-electron chi connectivity index (χ1n) is 12.2. The van der Waals surface area contributed by atoms with Crippen molar-refractivity contribution >= 4 is 40.4 Å². The van der Waals surface area contributed by atoms with E-state index in [1.807, 2.05) is 6.92 Å². The molecule has 0 saturated carbocycles. The first-order valence-corrected chi connectivity index (χ1v) is 12.2. The summed E-state index contributed by atoms with van der Waals surface area (Å²) in [6.07, 6.45) is 6.64. The Labute approximate surface area is 210 Å². The Bertz CT molecular complexity index is 1500. The van der Waals surface area contributed by atoms with Gasteiger partial charge < -0.3 is 15.2 Å². The average Bonchev–Trinajstić information content (AvgIpc) is 3.54. The van der Waals surface area contributed by atoms with Crippen molar-refractivity contribution in [3.05, 3.63) is 47.9 Å². The number of rotatable bonds is 2. The van der Waals surface area contributed by atoms with Crippen LogP contribution in [0.3, 0.4) is 0 Å². The molecule has 3 aromatic rings. The van der Waals surface area contributed by atoms with Gasteiger partial charge in [-0.05, 0) is 38.3 Å². The van der Waals surface area contributed by atoms with Crippen LogP contribution in [0.1, 0.15) is 48.2 Å². The van der Waals surface area contributed by atoms with E-state index in [1.165, 1.54) is 21.8 Å². The van der Waals surface area contributed by atoms with Crippen LogP contribution in [0, 0.1) is 0 Å². The average molecular weight is 504 g/mol. The third-order valence-corrected chi connectivity index (χ3v) is 7.14. The monoisotopic (exact) mass is 503 g/mol. The summed E-state index contributed by atoms with van der Waals surface area (Å²) in [4.78, 5) is 64.0. The number of nitrogens with two attached hydrogens (primary N) is 1. The molecule has 2 atom stereocenters. The van der Waals surface area contributed by atoms with Crippen LogP contribution in [0.2, 0.25) is 0 Å². The maximum atomic E-state index is 13.3. The number of piperidine rings is 1. The highest BCUT2D eigenvalue weighted by Crippen LogP contribution is 2.31. The highest BCUT2D eigenvalue weighted by atomic mass is 16.2. The molecule has 1 saturated heterocycles. The maximum Gasteiger partial charge on any atom is 0.321 e. The van der Waals surface area contributed by atoms with Gasteiger partial charge in [-0.3, -0.25) is 24.6 Å². The van der Waals surface area contributed by atoms with Crippen molar-refractivity contribution in [3.63, 3.8) is 0 Å². The number of nitrogens with one attached hydrogen (secondary N) is 1. The number of imidazole rings is 2. The number of carbonyl (C=O) groups excluding carboxylic acids is 4. The van der Waals surface area contributed by atoms with Crippen molar-refractivity contribution in [1.82, 2.24) is 39.3 Å². The van der Waals surface area contributed by atoms with E-state index in [0.717, 1.165) is 19.3 Å². The van der Waals surface area contributed by atoms with Gasteiger partial charge in [-0.25, -0.2) is 19.3 Å². The predicted octanol–water partition coefficient (Wildman–Crippen LogP) is 0.271. The maximum absolute atomic E-state index is 13.3. The number of nitrogens with zero attached hydrogens (tertiary/aromatic N) is 7. The lowest BCUT2D eigenvalue weighted by Crippen LogP contribution is -2.56.